The first-order valence-corrected chi connectivity index (χ1v) is 9.37. The summed E-state index contributed by atoms with van der Waals surface area (Å²) in [6.45, 7) is 1.34. The minimum atomic E-state index is -1.04. The number of benzene rings is 2. The molecule has 0 aromatic heterocycles. The standard InChI is InChI=1S/C21H24ClNO2/c22-14-11-20(24)23-15-12-19(13-16-23)21(25,17-7-3-1-4-8-17)18-9-5-2-6-10-18/h1-10,19,25H,11-16H2. The van der Waals surface area contributed by atoms with Crippen LogP contribution in [0, 0.1) is 5.92 Å². The minimum absolute atomic E-state index is 0.0670. The van der Waals surface area contributed by atoms with Crippen molar-refractivity contribution in [1.29, 1.82) is 0 Å². The fraction of sp³-hybridized carbons (Fsp3) is 0.381. The number of hydrogen-bond donors (Lipinski definition) is 1. The predicted molar refractivity (Wildman–Crippen MR) is 101 cm³/mol. The van der Waals surface area contributed by atoms with Gasteiger partial charge in [-0.15, -0.1) is 11.6 Å². The van der Waals surface area contributed by atoms with Gasteiger partial charge in [0.15, 0.2) is 0 Å². The van der Waals surface area contributed by atoms with E-state index in [1.165, 1.54) is 0 Å². The highest BCUT2D eigenvalue weighted by Crippen LogP contribution is 2.41. The monoisotopic (exact) mass is 357 g/mol. The van der Waals surface area contributed by atoms with Gasteiger partial charge >= 0.3 is 0 Å². The first-order chi connectivity index (χ1) is 12.2. The number of rotatable bonds is 5. The van der Waals surface area contributed by atoms with Crippen molar-refractivity contribution < 1.29 is 9.90 Å². The summed E-state index contributed by atoms with van der Waals surface area (Å²) >= 11 is 5.69. The third kappa shape index (κ3) is 3.73. The first kappa shape index (κ1) is 18.0. The average molecular weight is 358 g/mol. The average Bonchev–Trinajstić information content (AvgIpc) is 2.69. The van der Waals surface area contributed by atoms with Crippen molar-refractivity contribution in [3.63, 3.8) is 0 Å². The zero-order chi connectivity index (χ0) is 17.7. The molecule has 0 spiro atoms. The van der Waals surface area contributed by atoms with Gasteiger partial charge in [-0.3, -0.25) is 4.79 Å². The summed E-state index contributed by atoms with van der Waals surface area (Å²) in [5.74, 6) is 0.533. The quantitative estimate of drug-likeness (QED) is 0.827. The van der Waals surface area contributed by atoms with Crippen molar-refractivity contribution in [3.05, 3.63) is 71.8 Å². The highest BCUT2D eigenvalue weighted by molar-refractivity contribution is 6.18. The fourth-order valence-corrected chi connectivity index (χ4v) is 3.97. The Labute approximate surface area is 154 Å². The Morgan fingerprint density at radius 1 is 1.00 bits per heavy atom. The van der Waals surface area contributed by atoms with E-state index in [0.717, 1.165) is 24.0 Å². The zero-order valence-corrected chi connectivity index (χ0v) is 15.0. The highest BCUT2D eigenvalue weighted by atomic mass is 35.5. The summed E-state index contributed by atoms with van der Waals surface area (Å²) < 4.78 is 0. The Kier molecular flexibility index (Phi) is 5.77. The van der Waals surface area contributed by atoms with Crippen LogP contribution in [0.25, 0.3) is 0 Å². The summed E-state index contributed by atoms with van der Waals surface area (Å²) in [5, 5.41) is 11.8. The number of halogens is 1. The van der Waals surface area contributed by atoms with Crippen LogP contribution in [0.15, 0.2) is 60.7 Å². The molecule has 1 aliphatic heterocycles. The Balaban J connectivity index is 1.86. The van der Waals surface area contributed by atoms with Gasteiger partial charge in [0, 0.05) is 25.4 Å². The van der Waals surface area contributed by atoms with Crippen molar-refractivity contribution in [2.75, 3.05) is 19.0 Å². The van der Waals surface area contributed by atoms with Gasteiger partial charge in [0.1, 0.15) is 5.60 Å². The molecule has 3 nitrogen and oxygen atoms in total. The van der Waals surface area contributed by atoms with Gasteiger partial charge in [-0.25, -0.2) is 0 Å². The maximum Gasteiger partial charge on any atom is 0.223 e. The first-order valence-electron chi connectivity index (χ1n) is 8.83. The predicted octanol–water partition coefficient (Wildman–Crippen LogP) is 3.79. The lowest BCUT2D eigenvalue weighted by Gasteiger charge is -2.42. The molecule has 25 heavy (non-hydrogen) atoms. The second-order valence-electron chi connectivity index (χ2n) is 6.59. The number of carbonyl (C=O) groups is 1. The number of amides is 1. The summed E-state index contributed by atoms with van der Waals surface area (Å²) in [6.07, 6.45) is 1.93. The van der Waals surface area contributed by atoms with Gasteiger partial charge in [-0.05, 0) is 29.9 Å². The molecular formula is C21H24ClNO2. The molecule has 0 unspecified atom stereocenters. The van der Waals surface area contributed by atoms with E-state index < -0.39 is 5.60 Å². The Morgan fingerprint density at radius 2 is 1.48 bits per heavy atom. The molecule has 0 aliphatic carbocycles. The van der Waals surface area contributed by atoms with Gasteiger partial charge in [0.05, 0.1) is 0 Å². The van der Waals surface area contributed by atoms with Crippen LogP contribution >= 0.6 is 11.6 Å². The number of alkyl halides is 1. The summed E-state index contributed by atoms with van der Waals surface area (Å²) in [4.78, 5) is 13.9. The largest absolute Gasteiger partial charge is 0.380 e. The van der Waals surface area contributed by atoms with Gasteiger partial charge in [-0.1, -0.05) is 60.7 Å². The van der Waals surface area contributed by atoms with Crippen molar-refractivity contribution in [2.45, 2.75) is 24.9 Å². The molecule has 1 heterocycles. The molecule has 0 saturated carbocycles. The normalized spacial score (nSPS) is 16.0. The van der Waals surface area contributed by atoms with Crippen LogP contribution in [0.4, 0.5) is 0 Å². The van der Waals surface area contributed by atoms with Crippen molar-refractivity contribution >= 4 is 17.5 Å². The van der Waals surface area contributed by atoms with E-state index in [1.807, 2.05) is 65.6 Å². The van der Waals surface area contributed by atoms with Gasteiger partial charge in [0.2, 0.25) is 5.91 Å². The molecular weight excluding hydrogens is 334 g/mol. The van der Waals surface area contributed by atoms with Crippen LogP contribution < -0.4 is 0 Å². The lowest BCUT2D eigenvalue weighted by atomic mass is 9.72. The zero-order valence-electron chi connectivity index (χ0n) is 14.3. The van der Waals surface area contributed by atoms with Gasteiger partial charge in [0.25, 0.3) is 0 Å². The maximum absolute atomic E-state index is 12.1. The lowest BCUT2D eigenvalue weighted by Crippen LogP contribution is -2.46. The molecule has 1 N–H and O–H groups in total. The smallest absolute Gasteiger partial charge is 0.223 e. The molecule has 1 amide bonds. The second kappa shape index (κ2) is 8.03. The molecule has 132 valence electrons. The summed E-state index contributed by atoms with van der Waals surface area (Å²) in [7, 11) is 0. The van der Waals surface area contributed by atoms with E-state index in [0.29, 0.717) is 25.4 Å². The number of nitrogens with zero attached hydrogens (tertiary/aromatic N) is 1. The highest BCUT2D eigenvalue weighted by Gasteiger charge is 2.41. The van der Waals surface area contributed by atoms with Crippen LogP contribution in [0.3, 0.4) is 0 Å². The molecule has 1 aliphatic rings. The van der Waals surface area contributed by atoms with E-state index >= 15 is 0 Å². The third-order valence-corrected chi connectivity index (χ3v) is 5.36. The number of piperidine rings is 1. The number of hydrogen-bond acceptors (Lipinski definition) is 2. The number of carbonyl (C=O) groups excluding carboxylic acids is 1. The molecule has 3 rings (SSSR count). The van der Waals surface area contributed by atoms with Crippen LogP contribution in [0.5, 0.6) is 0 Å². The molecule has 0 radical (unpaired) electrons. The van der Waals surface area contributed by atoms with Crippen molar-refractivity contribution in [1.82, 2.24) is 4.90 Å². The fourth-order valence-electron chi connectivity index (χ4n) is 3.81. The van der Waals surface area contributed by atoms with Crippen molar-refractivity contribution in [3.8, 4) is 0 Å². The van der Waals surface area contributed by atoms with E-state index in [9.17, 15) is 9.90 Å². The molecule has 4 heteroatoms. The van der Waals surface area contributed by atoms with E-state index in [-0.39, 0.29) is 11.8 Å². The third-order valence-electron chi connectivity index (χ3n) is 5.17. The van der Waals surface area contributed by atoms with Crippen molar-refractivity contribution in [2.24, 2.45) is 5.92 Å². The molecule has 0 atom stereocenters. The second-order valence-corrected chi connectivity index (χ2v) is 6.97. The summed E-state index contributed by atoms with van der Waals surface area (Å²) in [6, 6.07) is 19.7. The number of likely N-dealkylation sites (tertiary alicyclic amines) is 1. The Hall–Kier alpha value is -1.84. The molecule has 1 fully saturated rings. The summed E-state index contributed by atoms with van der Waals surface area (Å²) in [5.41, 5.74) is 0.780. The van der Waals surface area contributed by atoms with Crippen LogP contribution in [-0.4, -0.2) is 34.9 Å². The molecule has 2 aromatic carbocycles. The van der Waals surface area contributed by atoms with E-state index in [2.05, 4.69) is 0 Å². The topological polar surface area (TPSA) is 40.5 Å². The minimum Gasteiger partial charge on any atom is -0.380 e. The van der Waals surface area contributed by atoms with Crippen LogP contribution in [0.1, 0.15) is 30.4 Å². The molecule has 2 aromatic rings. The van der Waals surface area contributed by atoms with E-state index in [4.69, 9.17) is 11.6 Å². The van der Waals surface area contributed by atoms with Crippen LogP contribution in [0.2, 0.25) is 0 Å². The SMILES string of the molecule is O=C(CCCl)N1CCC(C(O)(c2ccccc2)c2ccccc2)CC1. The molecule has 0 bridgehead atoms. The molecule has 1 saturated heterocycles. The van der Waals surface area contributed by atoms with E-state index in [1.54, 1.807) is 0 Å². The number of aliphatic hydroxyl groups is 1. The Morgan fingerprint density at radius 3 is 1.92 bits per heavy atom. The van der Waals surface area contributed by atoms with Gasteiger partial charge in [-0.2, -0.15) is 0 Å². The van der Waals surface area contributed by atoms with Gasteiger partial charge < -0.3 is 10.0 Å². The Bertz CT molecular complexity index is 642. The van der Waals surface area contributed by atoms with Crippen LogP contribution in [-0.2, 0) is 10.4 Å². The lowest BCUT2D eigenvalue weighted by molar-refractivity contribution is -0.133. The maximum atomic E-state index is 12.1.